The fourth-order valence-corrected chi connectivity index (χ4v) is 8.82. The highest BCUT2D eigenvalue weighted by Gasteiger charge is 2.37. The van der Waals surface area contributed by atoms with Crippen molar-refractivity contribution in [2.75, 3.05) is 35.5 Å². The molecule has 1 aliphatic rings. The van der Waals surface area contributed by atoms with Crippen LogP contribution in [0.3, 0.4) is 0 Å². The molecule has 0 aromatic heterocycles. The van der Waals surface area contributed by atoms with Crippen LogP contribution in [-0.4, -0.2) is 64.5 Å². The van der Waals surface area contributed by atoms with Crippen molar-refractivity contribution >= 4 is 28.9 Å². The Hall–Kier alpha value is -6.55. The minimum Gasteiger partial charge on any atom is -0.495 e. The van der Waals surface area contributed by atoms with Crippen molar-refractivity contribution < 1.29 is 47.7 Å². The molecule has 70 heavy (non-hydrogen) atoms. The summed E-state index contributed by atoms with van der Waals surface area (Å²) in [4.78, 5) is 78.3. The second-order valence-electron chi connectivity index (χ2n) is 23.4. The first-order valence-corrected chi connectivity index (χ1v) is 23.6. The van der Waals surface area contributed by atoms with E-state index in [2.05, 4.69) is 0 Å². The van der Waals surface area contributed by atoms with Crippen LogP contribution in [-0.2, 0) is 27.1 Å². The Bertz CT molecular complexity index is 2390. The van der Waals surface area contributed by atoms with Gasteiger partial charge in [0.1, 0.15) is 28.7 Å². The largest absolute Gasteiger partial charge is 0.495 e. The van der Waals surface area contributed by atoms with E-state index in [9.17, 15) is 0 Å². The highest BCUT2D eigenvalue weighted by molar-refractivity contribution is 6.24. The molecule has 0 unspecified atom stereocenters. The molecule has 0 saturated heterocycles. The van der Waals surface area contributed by atoms with E-state index < -0.39 is 56.0 Å². The monoisotopic (exact) mass is 950 g/mol. The number of hydrogen-bond donors (Lipinski definition) is 0. The zero-order chi connectivity index (χ0) is 52.5. The summed E-state index contributed by atoms with van der Waals surface area (Å²) in [6.07, 6.45) is 0. The quantitative estimate of drug-likeness (QED) is 0.165. The molecule has 0 fully saturated rings. The molecule has 0 atom stereocenters. The standard InChI is InChI=1S/C60H70O10/c1-56(2,3)31-21-36-46(61)38-23-32(57(4,5)6)25-40(52(38)67-17)48(63)42-27-34(59(10,11)12)29-44(54(42)69-19)50(65)45-30-35(60(13,14)15)28-43(55(45)70-20)49(64)41-26-33(58(7,8)9)24-39(53(41)68-18)47(62)37(22-31)51(36)66-16/h21-30H,1-20H3. The fourth-order valence-electron chi connectivity index (χ4n) is 8.82. The number of benzene rings is 5. The molecule has 1 aliphatic carbocycles. The van der Waals surface area contributed by atoms with E-state index in [-0.39, 0.29) is 84.4 Å². The lowest BCUT2D eigenvalue weighted by atomic mass is 9.78. The van der Waals surface area contributed by atoms with Gasteiger partial charge in [0.15, 0.2) is 0 Å². The van der Waals surface area contributed by atoms with Crippen molar-refractivity contribution in [1.29, 1.82) is 0 Å². The Morgan fingerprint density at radius 1 is 0.229 bits per heavy atom. The van der Waals surface area contributed by atoms with Crippen molar-refractivity contribution in [3.05, 3.63) is 144 Å². The van der Waals surface area contributed by atoms with Crippen molar-refractivity contribution in [1.82, 2.24) is 0 Å². The maximum absolute atomic E-state index is 15.7. The molecule has 10 heteroatoms. The minimum atomic E-state index is -0.600. The van der Waals surface area contributed by atoms with Gasteiger partial charge in [-0.05, 0) is 116 Å². The molecule has 10 bridgehead atoms. The van der Waals surface area contributed by atoms with Gasteiger partial charge < -0.3 is 23.7 Å². The number of ketones is 5. The minimum absolute atomic E-state index is 0.0172. The second-order valence-corrected chi connectivity index (χ2v) is 23.4. The highest BCUT2D eigenvalue weighted by Crippen LogP contribution is 2.45. The fraction of sp³-hybridized carbons (Fsp3) is 0.417. The molecule has 5 aromatic carbocycles. The van der Waals surface area contributed by atoms with Gasteiger partial charge in [0.05, 0.1) is 91.2 Å². The molecular formula is C60H70O10. The Labute approximate surface area is 414 Å². The number of ether oxygens (including phenoxy) is 5. The van der Waals surface area contributed by atoms with Gasteiger partial charge in [0, 0.05) is 0 Å². The molecule has 370 valence electrons. The Kier molecular flexibility index (Phi) is 13.8. The third-order valence-electron chi connectivity index (χ3n) is 13.2. The molecule has 0 radical (unpaired) electrons. The van der Waals surface area contributed by atoms with Gasteiger partial charge in [-0.2, -0.15) is 0 Å². The van der Waals surface area contributed by atoms with Crippen LogP contribution in [0, 0.1) is 0 Å². The summed E-state index contributed by atoms with van der Waals surface area (Å²) in [6, 6.07) is 17.1. The zero-order valence-electron chi connectivity index (χ0n) is 44.9. The summed E-state index contributed by atoms with van der Waals surface area (Å²) in [5, 5.41) is 0. The van der Waals surface area contributed by atoms with E-state index >= 15 is 24.0 Å². The highest BCUT2D eigenvalue weighted by atomic mass is 16.5. The summed E-state index contributed by atoms with van der Waals surface area (Å²) in [5.41, 5.74) is 0.713. The Morgan fingerprint density at radius 3 is 0.400 bits per heavy atom. The van der Waals surface area contributed by atoms with Crippen molar-refractivity contribution in [2.24, 2.45) is 0 Å². The van der Waals surface area contributed by atoms with Crippen LogP contribution in [0.2, 0.25) is 0 Å². The SMILES string of the molecule is COc1c2cc(C(C)(C)C)cc1C(=O)c1cc(C(C)(C)C)cc(c1OC)C(=O)c1cc(C(C)(C)C)cc(c1OC)C(=O)c1cc(C(C)(C)C)cc(c1OC)C(=O)c1cc(C(C)(C)C)cc(c1OC)C2=O. The Morgan fingerprint density at radius 2 is 0.329 bits per heavy atom. The average Bonchev–Trinajstić information content (AvgIpc) is 3.28. The summed E-state index contributed by atoms with van der Waals surface area (Å²) in [6.45, 7) is 29.6. The van der Waals surface area contributed by atoms with Gasteiger partial charge in [-0.3, -0.25) is 24.0 Å². The van der Waals surface area contributed by atoms with Gasteiger partial charge in [0.2, 0.25) is 28.9 Å². The number of carbonyl (C=O) groups is 5. The van der Waals surface area contributed by atoms with Crippen molar-refractivity contribution in [2.45, 2.75) is 131 Å². The molecule has 0 saturated carbocycles. The van der Waals surface area contributed by atoms with E-state index in [1.807, 2.05) is 104 Å². The van der Waals surface area contributed by atoms with Gasteiger partial charge >= 0.3 is 0 Å². The van der Waals surface area contributed by atoms with Crippen LogP contribution < -0.4 is 23.7 Å². The lowest BCUT2D eigenvalue weighted by Crippen LogP contribution is -2.22. The lowest BCUT2D eigenvalue weighted by Gasteiger charge is -2.27. The molecule has 6 rings (SSSR count). The lowest BCUT2D eigenvalue weighted by molar-refractivity contribution is 0.101. The predicted octanol–water partition coefficient (Wildman–Crippen LogP) is 12.7. The van der Waals surface area contributed by atoms with Gasteiger partial charge in [-0.25, -0.2) is 0 Å². The third-order valence-corrected chi connectivity index (χ3v) is 13.2. The maximum Gasteiger partial charge on any atom is 0.200 e. The van der Waals surface area contributed by atoms with Crippen LogP contribution >= 0.6 is 0 Å². The first-order chi connectivity index (χ1) is 32.2. The van der Waals surface area contributed by atoms with Crippen LogP contribution in [0.1, 0.15) is 211 Å². The second kappa shape index (κ2) is 18.3. The first kappa shape index (κ1) is 52.8. The van der Waals surface area contributed by atoms with Crippen LogP contribution in [0.15, 0.2) is 60.7 Å². The van der Waals surface area contributed by atoms with E-state index in [0.717, 1.165) is 0 Å². The molecule has 0 N–H and O–H groups in total. The number of rotatable bonds is 5. The molecule has 0 heterocycles. The van der Waals surface area contributed by atoms with Crippen LogP contribution in [0.25, 0.3) is 0 Å². The molecule has 0 amide bonds. The molecule has 10 nitrogen and oxygen atoms in total. The van der Waals surface area contributed by atoms with Gasteiger partial charge in [-0.15, -0.1) is 0 Å². The average molecular weight is 951 g/mol. The summed E-state index contributed by atoms with van der Waals surface area (Å²) < 4.78 is 30.6. The van der Waals surface area contributed by atoms with E-state index in [4.69, 9.17) is 23.7 Å². The van der Waals surface area contributed by atoms with Crippen LogP contribution in [0.4, 0.5) is 0 Å². The van der Waals surface area contributed by atoms with Gasteiger partial charge in [0.25, 0.3) is 0 Å². The predicted molar refractivity (Wildman–Crippen MR) is 276 cm³/mol. The van der Waals surface area contributed by atoms with Crippen molar-refractivity contribution in [3.63, 3.8) is 0 Å². The van der Waals surface area contributed by atoms with E-state index in [1.165, 1.54) is 35.5 Å². The maximum atomic E-state index is 15.7. The summed E-state index contributed by atoms with van der Waals surface area (Å²) in [7, 11) is 6.98. The molecule has 5 aromatic rings. The topological polar surface area (TPSA) is 132 Å². The summed E-state index contributed by atoms with van der Waals surface area (Å²) in [5.74, 6) is -2.93. The first-order valence-electron chi connectivity index (χ1n) is 23.6. The Balaban J connectivity index is 1.96. The zero-order valence-corrected chi connectivity index (χ0v) is 44.9. The van der Waals surface area contributed by atoms with Gasteiger partial charge in [-0.1, -0.05) is 104 Å². The molecule has 0 aliphatic heterocycles. The molecule has 0 spiro atoms. The van der Waals surface area contributed by atoms with E-state index in [1.54, 1.807) is 60.7 Å². The van der Waals surface area contributed by atoms with Crippen LogP contribution in [0.5, 0.6) is 28.7 Å². The van der Waals surface area contributed by atoms with Crippen molar-refractivity contribution in [3.8, 4) is 28.7 Å². The van der Waals surface area contributed by atoms with E-state index in [0.29, 0.717) is 27.8 Å². The number of fused-ring (bicyclic) bond motifs is 10. The normalized spacial score (nSPS) is 13.9. The smallest absolute Gasteiger partial charge is 0.200 e. The summed E-state index contributed by atoms with van der Waals surface area (Å²) >= 11 is 0. The molecular weight excluding hydrogens is 881 g/mol. The third kappa shape index (κ3) is 9.54. The number of hydrogen-bond acceptors (Lipinski definition) is 10. The number of methoxy groups -OCH3 is 5. The number of carbonyl (C=O) groups excluding carboxylic acids is 5.